The minimum atomic E-state index is -4.40. The molecule has 92 valence electrons. The van der Waals surface area contributed by atoms with E-state index in [1.54, 1.807) is 6.92 Å². The third-order valence-electron chi connectivity index (χ3n) is 3.32. The van der Waals surface area contributed by atoms with Crippen molar-refractivity contribution in [1.29, 1.82) is 0 Å². The Labute approximate surface area is 96.9 Å². The van der Waals surface area contributed by atoms with Crippen LogP contribution >= 0.6 is 0 Å². The van der Waals surface area contributed by atoms with Crippen LogP contribution in [0.3, 0.4) is 0 Å². The summed E-state index contributed by atoms with van der Waals surface area (Å²) < 4.78 is 38.6. The van der Waals surface area contributed by atoms with Crippen molar-refractivity contribution >= 4 is 5.78 Å². The first-order valence-corrected chi connectivity index (χ1v) is 5.36. The number of ketones is 1. The maximum Gasteiger partial charge on any atom is 0.416 e. The summed E-state index contributed by atoms with van der Waals surface area (Å²) in [5.41, 5.74) is -1.26. The number of Topliss-reactive ketones (excluding diaryl/α,β-unsaturated/α-hetero) is 1. The molecular formula is C12H12F3NO. The van der Waals surface area contributed by atoms with Gasteiger partial charge in [-0.2, -0.15) is 13.2 Å². The molecule has 17 heavy (non-hydrogen) atoms. The molecule has 1 aliphatic carbocycles. The molecule has 1 aliphatic rings. The first kappa shape index (κ1) is 12.1. The number of alkyl halides is 3. The van der Waals surface area contributed by atoms with Gasteiger partial charge in [0.2, 0.25) is 0 Å². The largest absolute Gasteiger partial charge is 0.416 e. The fourth-order valence-corrected chi connectivity index (χ4v) is 2.38. The summed E-state index contributed by atoms with van der Waals surface area (Å²) in [7, 11) is 0. The Bertz CT molecular complexity index is 455. The lowest BCUT2D eigenvalue weighted by molar-refractivity contribution is -0.139. The van der Waals surface area contributed by atoms with Crippen molar-refractivity contribution in [3.63, 3.8) is 0 Å². The fourth-order valence-electron chi connectivity index (χ4n) is 2.38. The van der Waals surface area contributed by atoms with Gasteiger partial charge in [0.25, 0.3) is 0 Å². The highest BCUT2D eigenvalue weighted by molar-refractivity contribution is 5.82. The molecule has 2 rings (SSSR count). The zero-order valence-electron chi connectivity index (χ0n) is 9.34. The molecule has 0 saturated heterocycles. The van der Waals surface area contributed by atoms with E-state index in [9.17, 15) is 18.0 Å². The van der Waals surface area contributed by atoms with Crippen molar-refractivity contribution in [3.05, 3.63) is 29.6 Å². The monoisotopic (exact) mass is 243 g/mol. The second kappa shape index (κ2) is 3.82. The third kappa shape index (κ3) is 2.18. The molecule has 1 aromatic heterocycles. The lowest BCUT2D eigenvalue weighted by Crippen LogP contribution is -2.23. The number of halogens is 3. The van der Waals surface area contributed by atoms with Crippen molar-refractivity contribution < 1.29 is 18.0 Å². The standard InChI is InChI=1S/C12H12F3NO/c1-11(4-2-8(17)6-11)10-7-16-5-3-9(10)12(13,14)15/h3,5,7H,2,4,6H2,1H3. The molecule has 1 heterocycles. The summed E-state index contributed by atoms with van der Waals surface area (Å²) in [6.45, 7) is 1.70. The topological polar surface area (TPSA) is 30.0 Å². The molecule has 1 aromatic rings. The van der Waals surface area contributed by atoms with Gasteiger partial charge in [-0.05, 0) is 18.1 Å². The summed E-state index contributed by atoms with van der Waals surface area (Å²) in [6.07, 6.45) is -1.05. The van der Waals surface area contributed by atoms with Crippen molar-refractivity contribution in [2.24, 2.45) is 0 Å². The van der Waals surface area contributed by atoms with Crippen LogP contribution in [-0.4, -0.2) is 10.8 Å². The Morgan fingerprint density at radius 2 is 2.12 bits per heavy atom. The second-order valence-corrected chi connectivity index (χ2v) is 4.70. The van der Waals surface area contributed by atoms with Gasteiger partial charge in [-0.25, -0.2) is 0 Å². The molecule has 2 nitrogen and oxygen atoms in total. The number of aromatic nitrogens is 1. The van der Waals surface area contributed by atoms with Gasteiger partial charge in [-0.1, -0.05) is 6.92 Å². The van der Waals surface area contributed by atoms with Crippen LogP contribution in [0.25, 0.3) is 0 Å². The quantitative estimate of drug-likeness (QED) is 0.758. The number of hydrogen-bond acceptors (Lipinski definition) is 2. The minimum absolute atomic E-state index is 0.0180. The Balaban J connectivity index is 2.49. The van der Waals surface area contributed by atoms with Crippen LogP contribution in [0.2, 0.25) is 0 Å². The van der Waals surface area contributed by atoms with Gasteiger partial charge in [0.05, 0.1) is 5.56 Å². The molecule has 1 saturated carbocycles. The molecule has 5 heteroatoms. The van der Waals surface area contributed by atoms with Crippen molar-refractivity contribution in [3.8, 4) is 0 Å². The number of hydrogen-bond donors (Lipinski definition) is 0. The molecule has 1 unspecified atom stereocenters. The Morgan fingerprint density at radius 1 is 1.41 bits per heavy atom. The van der Waals surface area contributed by atoms with Crippen LogP contribution in [0, 0.1) is 0 Å². The average molecular weight is 243 g/mol. The maximum absolute atomic E-state index is 12.9. The third-order valence-corrected chi connectivity index (χ3v) is 3.32. The van der Waals surface area contributed by atoms with Gasteiger partial charge in [0, 0.05) is 30.7 Å². The number of rotatable bonds is 1. The number of carbonyl (C=O) groups is 1. The van der Waals surface area contributed by atoms with Gasteiger partial charge in [0.15, 0.2) is 0 Å². The van der Waals surface area contributed by atoms with Crippen LogP contribution < -0.4 is 0 Å². The first-order valence-electron chi connectivity index (χ1n) is 5.36. The van der Waals surface area contributed by atoms with Gasteiger partial charge in [-0.15, -0.1) is 0 Å². The van der Waals surface area contributed by atoms with E-state index < -0.39 is 17.2 Å². The molecule has 0 N–H and O–H groups in total. The predicted molar refractivity (Wildman–Crippen MR) is 55.4 cm³/mol. The second-order valence-electron chi connectivity index (χ2n) is 4.70. The van der Waals surface area contributed by atoms with Gasteiger partial charge < -0.3 is 0 Å². The Kier molecular flexibility index (Phi) is 2.72. The number of carbonyl (C=O) groups excluding carboxylic acids is 1. The van der Waals surface area contributed by atoms with Gasteiger partial charge in [0.1, 0.15) is 5.78 Å². The van der Waals surface area contributed by atoms with Gasteiger partial charge >= 0.3 is 6.18 Å². The number of nitrogens with zero attached hydrogens (tertiary/aromatic N) is 1. The first-order chi connectivity index (χ1) is 7.83. The molecule has 0 bridgehead atoms. The lowest BCUT2D eigenvalue weighted by Gasteiger charge is -2.26. The zero-order chi connectivity index (χ0) is 12.7. The molecular weight excluding hydrogens is 231 g/mol. The van der Waals surface area contributed by atoms with E-state index >= 15 is 0 Å². The molecule has 0 radical (unpaired) electrons. The van der Waals surface area contributed by atoms with Crippen LogP contribution in [0.1, 0.15) is 37.3 Å². The Morgan fingerprint density at radius 3 is 2.65 bits per heavy atom. The van der Waals surface area contributed by atoms with E-state index in [-0.39, 0.29) is 17.8 Å². The zero-order valence-corrected chi connectivity index (χ0v) is 9.34. The lowest BCUT2D eigenvalue weighted by atomic mass is 9.79. The van der Waals surface area contributed by atoms with Crippen LogP contribution in [0.15, 0.2) is 18.5 Å². The van der Waals surface area contributed by atoms with E-state index in [1.165, 1.54) is 6.20 Å². The Hall–Kier alpha value is -1.39. The molecule has 1 fully saturated rings. The normalized spacial score (nSPS) is 25.3. The molecule has 0 aromatic carbocycles. The van der Waals surface area contributed by atoms with E-state index in [1.807, 2.05) is 0 Å². The molecule has 0 aliphatic heterocycles. The highest BCUT2D eigenvalue weighted by atomic mass is 19.4. The van der Waals surface area contributed by atoms with E-state index in [0.717, 1.165) is 12.3 Å². The van der Waals surface area contributed by atoms with Crippen molar-refractivity contribution in [2.45, 2.75) is 37.8 Å². The van der Waals surface area contributed by atoms with E-state index in [4.69, 9.17) is 0 Å². The molecule has 0 amide bonds. The average Bonchev–Trinajstić information content (AvgIpc) is 2.59. The number of pyridine rings is 1. The highest BCUT2D eigenvalue weighted by Crippen LogP contribution is 2.44. The van der Waals surface area contributed by atoms with Crippen LogP contribution in [-0.2, 0) is 16.4 Å². The summed E-state index contributed by atoms with van der Waals surface area (Å²) in [5.74, 6) is 0.0180. The van der Waals surface area contributed by atoms with Gasteiger partial charge in [-0.3, -0.25) is 9.78 Å². The summed E-state index contributed by atoms with van der Waals surface area (Å²) in [5, 5.41) is 0. The minimum Gasteiger partial charge on any atom is -0.300 e. The predicted octanol–water partition coefficient (Wildman–Crippen LogP) is 3.11. The van der Waals surface area contributed by atoms with Crippen LogP contribution in [0.5, 0.6) is 0 Å². The molecule has 0 spiro atoms. The highest BCUT2D eigenvalue weighted by Gasteiger charge is 2.42. The fraction of sp³-hybridized carbons (Fsp3) is 0.500. The SMILES string of the molecule is CC1(c2cnccc2C(F)(F)F)CCC(=O)C1. The summed E-state index contributed by atoms with van der Waals surface area (Å²) in [4.78, 5) is 15.1. The van der Waals surface area contributed by atoms with Crippen molar-refractivity contribution in [1.82, 2.24) is 4.98 Å². The van der Waals surface area contributed by atoms with E-state index in [2.05, 4.69) is 4.98 Å². The maximum atomic E-state index is 12.9. The summed E-state index contributed by atoms with van der Waals surface area (Å²) in [6, 6.07) is 0.976. The molecule has 1 atom stereocenters. The van der Waals surface area contributed by atoms with Crippen LogP contribution in [0.4, 0.5) is 13.2 Å². The van der Waals surface area contributed by atoms with E-state index in [0.29, 0.717) is 12.8 Å². The van der Waals surface area contributed by atoms with Crippen molar-refractivity contribution in [2.75, 3.05) is 0 Å². The smallest absolute Gasteiger partial charge is 0.300 e. The summed E-state index contributed by atoms with van der Waals surface area (Å²) >= 11 is 0.